The number of nitrogen functional groups attached to an aromatic ring is 1. The molecule has 5 heteroatoms. The Morgan fingerprint density at radius 2 is 2.50 bits per heavy atom. The molecular formula is CH2N5. The number of nitrogens with zero attached hydrogens (tertiary/aromatic N) is 4. The first-order valence-corrected chi connectivity index (χ1v) is 1.31. The van der Waals surface area contributed by atoms with E-state index in [1.807, 2.05) is 0 Å². The number of hydrogen-bond acceptors (Lipinski definition) is 4. The van der Waals surface area contributed by atoms with Crippen molar-refractivity contribution in [2.45, 2.75) is 0 Å². The molecule has 0 spiro atoms. The number of rotatable bonds is 0. The second kappa shape index (κ2) is 0.925. The Balaban J connectivity index is 3.05. The Morgan fingerprint density at radius 3 is 2.67 bits per heavy atom. The van der Waals surface area contributed by atoms with E-state index in [0.717, 1.165) is 4.79 Å². The molecule has 0 unspecified atom stereocenters. The molecule has 0 fully saturated rings. The molecule has 1 aromatic heterocycles. The maximum Gasteiger partial charge on any atom is 0.245 e. The molecule has 0 aliphatic heterocycles. The van der Waals surface area contributed by atoms with Crippen LogP contribution in [0.25, 0.3) is 0 Å². The first kappa shape index (κ1) is 3.08. The van der Waals surface area contributed by atoms with Crippen LogP contribution in [0.5, 0.6) is 0 Å². The molecule has 0 aromatic carbocycles. The van der Waals surface area contributed by atoms with Crippen molar-refractivity contribution < 1.29 is 0 Å². The normalized spacial score (nSPS) is 8.67. The van der Waals surface area contributed by atoms with Crippen LogP contribution >= 0.6 is 0 Å². The smallest absolute Gasteiger partial charge is 0.245 e. The van der Waals surface area contributed by atoms with Gasteiger partial charge in [0.2, 0.25) is 6.33 Å². The highest BCUT2D eigenvalue weighted by Crippen LogP contribution is 1.50. The van der Waals surface area contributed by atoms with Gasteiger partial charge in [-0.1, -0.05) is 0 Å². The number of tetrazole rings is 1. The third-order valence-corrected chi connectivity index (χ3v) is 0.328. The van der Waals surface area contributed by atoms with Crippen molar-refractivity contribution in [1.82, 2.24) is 20.3 Å². The number of hydrogen-bond donors (Lipinski definition) is 1. The topological polar surface area (TPSA) is 69.6 Å². The fourth-order valence-corrected chi connectivity index (χ4v) is 0.149. The molecule has 0 saturated carbocycles. The number of nitrogens with two attached hydrogens (primary N) is 1. The summed E-state index contributed by atoms with van der Waals surface area (Å²) in [6.45, 7) is 0. The van der Waals surface area contributed by atoms with Crippen LogP contribution in [0.15, 0.2) is 0 Å². The van der Waals surface area contributed by atoms with E-state index in [1.54, 1.807) is 0 Å². The molecule has 0 bridgehead atoms. The molecule has 1 heterocycles. The molecule has 2 N–H and O–H groups in total. The van der Waals surface area contributed by atoms with Crippen LogP contribution in [0, 0.1) is 6.33 Å². The summed E-state index contributed by atoms with van der Waals surface area (Å²) < 4.78 is 0. The predicted molar refractivity (Wildman–Crippen MR) is 16.8 cm³/mol. The van der Waals surface area contributed by atoms with Gasteiger partial charge < -0.3 is 5.84 Å². The van der Waals surface area contributed by atoms with Gasteiger partial charge in [-0.2, -0.15) is 0 Å². The van der Waals surface area contributed by atoms with E-state index in [2.05, 4.69) is 21.9 Å². The van der Waals surface area contributed by atoms with Gasteiger partial charge in [-0.05, 0) is 10.4 Å². The van der Waals surface area contributed by atoms with Gasteiger partial charge in [-0.3, -0.25) is 0 Å². The zero-order chi connectivity index (χ0) is 4.41. The Kier molecular flexibility index (Phi) is 0.474. The lowest BCUT2D eigenvalue weighted by Gasteiger charge is -1.72. The maximum atomic E-state index is 4.90. The Labute approximate surface area is 33.7 Å². The minimum Gasteiger partial charge on any atom is -0.320 e. The van der Waals surface area contributed by atoms with Gasteiger partial charge >= 0.3 is 0 Å². The van der Waals surface area contributed by atoms with Gasteiger partial charge in [0, 0.05) is 0 Å². The summed E-state index contributed by atoms with van der Waals surface area (Å²) >= 11 is 0. The third kappa shape index (κ3) is 0.291. The second-order valence-electron chi connectivity index (χ2n) is 0.723. The fraction of sp³-hybridized carbons (Fsp3) is 0. The van der Waals surface area contributed by atoms with E-state index in [0.29, 0.717) is 0 Å². The van der Waals surface area contributed by atoms with Gasteiger partial charge in [-0.25, -0.2) is 0 Å². The van der Waals surface area contributed by atoms with E-state index in [4.69, 9.17) is 5.84 Å². The highest BCUT2D eigenvalue weighted by molar-refractivity contribution is 4.34. The Morgan fingerprint density at radius 1 is 1.67 bits per heavy atom. The summed E-state index contributed by atoms with van der Waals surface area (Å²) in [5, 5.41) is 9.47. The van der Waals surface area contributed by atoms with Crippen molar-refractivity contribution >= 4 is 0 Å². The van der Waals surface area contributed by atoms with Crippen LogP contribution in [0.4, 0.5) is 0 Å². The van der Waals surface area contributed by atoms with E-state index < -0.39 is 0 Å². The van der Waals surface area contributed by atoms with E-state index in [-0.39, 0.29) is 0 Å². The molecule has 31 valence electrons. The molecule has 0 aliphatic rings. The minimum atomic E-state index is 0.903. The maximum absolute atomic E-state index is 4.90. The molecule has 1 aromatic rings. The first-order chi connectivity index (χ1) is 2.89. The molecule has 1 rings (SSSR count). The quantitative estimate of drug-likeness (QED) is 0.376. The lowest BCUT2D eigenvalue weighted by molar-refractivity contribution is 0.754. The van der Waals surface area contributed by atoms with Crippen LogP contribution in [-0.4, -0.2) is 20.3 Å². The summed E-state index contributed by atoms with van der Waals surface area (Å²) in [5.41, 5.74) is 0. The van der Waals surface area contributed by atoms with Crippen LogP contribution < -0.4 is 5.84 Å². The summed E-state index contributed by atoms with van der Waals surface area (Å²) in [4.78, 5) is 0.903. The lowest BCUT2D eigenvalue weighted by atomic mass is 11.4. The van der Waals surface area contributed by atoms with Crippen molar-refractivity contribution in [3.05, 3.63) is 6.33 Å². The monoisotopic (exact) mass is 84.0 g/mol. The van der Waals surface area contributed by atoms with Crippen LogP contribution in [0.3, 0.4) is 0 Å². The van der Waals surface area contributed by atoms with Gasteiger partial charge in [0.15, 0.2) is 0 Å². The first-order valence-electron chi connectivity index (χ1n) is 1.31. The Hall–Kier alpha value is -1.13. The predicted octanol–water partition coefficient (Wildman–Crippen LogP) is -1.81. The SMILES string of the molecule is Nn1[c]nnn1. The molecule has 0 amide bonds. The van der Waals surface area contributed by atoms with Crippen LogP contribution in [0.2, 0.25) is 0 Å². The zero-order valence-corrected chi connectivity index (χ0v) is 2.87. The lowest BCUT2D eigenvalue weighted by Crippen LogP contribution is -2.08. The molecule has 6 heavy (non-hydrogen) atoms. The van der Waals surface area contributed by atoms with E-state index >= 15 is 0 Å². The van der Waals surface area contributed by atoms with E-state index in [9.17, 15) is 0 Å². The van der Waals surface area contributed by atoms with Crippen molar-refractivity contribution in [2.75, 3.05) is 5.84 Å². The summed E-state index contributed by atoms with van der Waals surface area (Å²) in [6, 6.07) is 0. The molecule has 1 radical (unpaired) electrons. The third-order valence-electron chi connectivity index (χ3n) is 0.328. The van der Waals surface area contributed by atoms with Crippen molar-refractivity contribution in [3.8, 4) is 0 Å². The van der Waals surface area contributed by atoms with Gasteiger partial charge in [0.25, 0.3) is 0 Å². The molecular weight excluding hydrogens is 82.0 g/mol. The van der Waals surface area contributed by atoms with Crippen molar-refractivity contribution in [2.24, 2.45) is 0 Å². The Bertz CT molecular complexity index is 107. The molecule has 5 nitrogen and oxygen atoms in total. The van der Waals surface area contributed by atoms with E-state index in [1.165, 1.54) is 0 Å². The average molecular weight is 84.1 g/mol. The average Bonchev–Trinajstić information content (AvgIpc) is 1.86. The molecule has 0 saturated heterocycles. The zero-order valence-electron chi connectivity index (χ0n) is 2.87. The standard InChI is InChI=1S/CH2N5/c2-6-1-3-4-5-6/h2H2. The van der Waals surface area contributed by atoms with Gasteiger partial charge in [0.05, 0.1) is 0 Å². The summed E-state index contributed by atoms with van der Waals surface area (Å²) in [5.74, 6) is 4.90. The largest absolute Gasteiger partial charge is 0.320 e. The minimum absolute atomic E-state index is 0.903. The van der Waals surface area contributed by atoms with Gasteiger partial charge in [0.1, 0.15) is 0 Å². The highest BCUT2D eigenvalue weighted by Gasteiger charge is 1.75. The summed E-state index contributed by atoms with van der Waals surface area (Å²) in [6.07, 6.45) is 2.22. The summed E-state index contributed by atoms with van der Waals surface area (Å²) in [7, 11) is 0. The second-order valence-corrected chi connectivity index (χ2v) is 0.723. The van der Waals surface area contributed by atoms with Crippen molar-refractivity contribution in [1.29, 1.82) is 0 Å². The van der Waals surface area contributed by atoms with Crippen LogP contribution in [-0.2, 0) is 0 Å². The highest BCUT2D eigenvalue weighted by atomic mass is 15.6. The number of aromatic nitrogens is 4. The van der Waals surface area contributed by atoms with Crippen molar-refractivity contribution in [3.63, 3.8) is 0 Å². The fourth-order valence-electron chi connectivity index (χ4n) is 0.149. The van der Waals surface area contributed by atoms with Gasteiger partial charge in [-0.15, -0.1) is 9.89 Å². The molecule has 0 atom stereocenters. The van der Waals surface area contributed by atoms with Crippen LogP contribution in [0.1, 0.15) is 0 Å². The molecule has 0 aliphatic carbocycles.